The fraction of sp³-hybridized carbons (Fsp3) is 0.400. The monoisotopic (exact) mass is 328 g/mol. The molecule has 1 aromatic carbocycles. The van der Waals surface area contributed by atoms with Gasteiger partial charge in [-0.1, -0.05) is 36.2 Å². The lowest BCUT2D eigenvalue weighted by atomic mass is 10.0. The highest BCUT2D eigenvalue weighted by molar-refractivity contribution is 7.11. The Bertz CT molecular complexity index is 556. The first-order chi connectivity index (χ1) is 9.52. The molecule has 0 saturated heterocycles. The normalized spacial score (nSPS) is 12.7. The van der Waals surface area contributed by atoms with Crippen molar-refractivity contribution < 1.29 is 0 Å². The van der Waals surface area contributed by atoms with E-state index in [9.17, 15) is 0 Å². The number of aryl methyl sites for hydroxylation is 2. The van der Waals surface area contributed by atoms with Gasteiger partial charge in [-0.2, -0.15) is 0 Å². The van der Waals surface area contributed by atoms with Crippen molar-refractivity contribution in [3.8, 4) is 0 Å². The molecule has 0 fully saturated rings. The van der Waals surface area contributed by atoms with Crippen molar-refractivity contribution in [1.82, 2.24) is 10.3 Å². The Kier molecular flexibility index (Phi) is 5.44. The van der Waals surface area contributed by atoms with E-state index in [1.807, 2.05) is 25.1 Å². The fourth-order valence-corrected chi connectivity index (χ4v) is 3.81. The Balaban J connectivity index is 2.31. The molecule has 0 radical (unpaired) electrons. The minimum absolute atomic E-state index is 0.0890. The maximum atomic E-state index is 6.32. The molecule has 1 N–H and O–H groups in total. The highest BCUT2D eigenvalue weighted by Gasteiger charge is 2.19. The maximum absolute atomic E-state index is 6.32. The molecular weight excluding hydrogens is 311 g/mol. The van der Waals surface area contributed by atoms with Crippen LogP contribution in [0.2, 0.25) is 10.0 Å². The second kappa shape index (κ2) is 6.90. The number of likely N-dealkylation sites (N-methyl/N-ethyl adjacent to an activating group) is 1. The van der Waals surface area contributed by atoms with Gasteiger partial charge in [0.15, 0.2) is 0 Å². The molecule has 20 heavy (non-hydrogen) atoms. The van der Waals surface area contributed by atoms with Crippen LogP contribution < -0.4 is 5.32 Å². The maximum Gasteiger partial charge on any atom is 0.0949 e. The molecule has 0 aliphatic heterocycles. The van der Waals surface area contributed by atoms with Crippen LogP contribution in [0.5, 0.6) is 0 Å². The predicted molar refractivity (Wildman–Crippen MR) is 88.2 cm³/mol. The van der Waals surface area contributed by atoms with Gasteiger partial charge in [-0.3, -0.25) is 0 Å². The molecule has 2 aromatic rings. The molecule has 0 spiro atoms. The summed E-state index contributed by atoms with van der Waals surface area (Å²) in [6.45, 7) is 7.08. The largest absolute Gasteiger partial charge is 0.310 e. The molecule has 1 atom stereocenters. The van der Waals surface area contributed by atoms with Crippen molar-refractivity contribution >= 4 is 34.5 Å². The highest BCUT2D eigenvalue weighted by atomic mass is 35.5. The zero-order chi connectivity index (χ0) is 14.7. The van der Waals surface area contributed by atoms with Gasteiger partial charge in [0.1, 0.15) is 0 Å². The predicted octanol–water partition coefficient (Wildman–Crippen LogP) is 4.96. The van der Waals surface area contributed by atoms with Crippen LogP contribution in [-0.2, 0) is 6.42 Å². The van der Waals surface area contributed by atoms with E-state index in [0.29, 0.717) is 10.0 Å². The molecule has 0 saturated carbocycles. The summed E-state index contributed by atoms with van der Waals surface area (Å²) in [7, 11) is 0. The van der Waals surface area contributed by atoms with Crippen LogP contribution in [0.15, 0.2) is 18.2 Å². The Morgan fingerprint density at radius 1 is 1.25 bits per heavy atom. The van der Waals surface area contributed by atoms with Crippen LogP contribution >= 0.6 is 34.5 Å². The standard InChI is InChI=1S/C15H18Cl2N2S/c1-4-18-13(8-14-19-9(2)10(3)20-14)15-11(16)6-5-7-12(15)17/h5-7,13,18H,4,8H2,1-3H3. The summed E-state index contributed by atoms with van der Waals surface area (Å²) < 4.78 is 0. The Labute approximate surface area is 134 Å². The van der Waals surface area contributed by atoms with Gasteiger partial charge in [0.25, 0.3) is 0 Å². The van der Waals surface area contributed by atoms with E-state index in [-0.39, 0.29) is 6.04 Å². The summed E-state index contributed by atoms with van der Waals surface area (Å²) in [5.41, 5.74) is 2.06. The van der Waals surface area contributed by atoms with Crippen molar-refractivity contribution in [2.45, 2.75) is 33.2 Å². The third kappa shape index (κ3) is 3.53. The molecule has 1 heterocycles. The Hall–Kier alpha value is -0.610. The van der Waals surface area contributed by atoms with Gasteiger partial charge in [0, 0.05) is 32.9 Å². The van der Waals surface area contributed by atoms with Gasteiger partial charge in [0.2, 0.25) is 0 Å². The van der Waals surface area contributed by atoms with Gasteiger partial charge in [-0.25, -0.2) is 4.98 Å². The summed E-state index contributed by atoms with van der Waals surface area (Å²) in [5.74, 6) is 0. The molecule has 1 unspecified atom stereocenters. The molecule has 2 nitrogen and oxygen atoms in total. The smallest absolute Gasteiger partial charge is 0.0949 e. The van der Waals surface area contributed by atoms with Crippen LogP contribution in [-0.4, -0.2) is 11.5 Å². The lowest BCUT2D eigenvalue weighted by Crippen LogP contribution is -2.23. The second-order valence-corrected chi connectivity index (χ2v) is 6.80. The number of thiazole rings is 1. The third-order valence-electron chi connectivity index (χ3n) is 3.25. The van der Waals surface area contributed by atoms with Crippen LogP contribution in [0.25, 0.3) is 0 Å². The lowest BCUT2D eigenvalue weighted by molar-refractivity contribution is 0.548. The van der Waals surface area contributed by atoms with Crippen LogP contribution in [0.3, 0.4) is 0 Å². The van der Waals surface area contributed by atoms with Crippen molar-refractivity contribution in [2.24, 2.45) is 0 Å². The van der Waals surface area contributed by atoms with E-state index in [0.717, 1.165) is 29.2 Å². The molecule has 2 rings (SSSR count). The molecule has 0 aliphatic carbocycles. The minimum Gasteiger partial charge on any atom is -0.310 e. The van der Waals surface area contributed by atoms with Gasteiger partial charge in [-0.05, 0) is 32.5 Å². The van der Waals surface area contributed by atoms with E-state index < -0.39 is 0 Å². The summed E-state index contributed by atoms with van der Waals surface area (Å²) in [4.78, 5) is 5.87. The van der Waals surface area contributed by atoms with E-state index in [1.165, 1.54) is 4.88 Å². The first kappa shape index (κ1) is 15.8. The first-order valence-corrected chi connectivity index (χ1v) is 8.20. The number of benzene rings is 1. The van der Waals surface area contributed by atoms with Crippen molar-refractivity contribution in [3.63, 3.8) is 0 Å². The van der Waals surface area contributed by atoms with Crippen molar-refractivity contribution in [1.29, 1.82) is 0 Å². The number of rotatable bonds is 5. The van der Waals surface area contributed by atoms with Gasteiger partial charge in [-0.15, -0.1) is 11.3 Å². The number of aromatic nitrogens is 1. The average molecular weight is 329 g/mol. The molecule has 0 bridgehead atoms. The quantitative estimate of drug-likeness (QED) is 0.838. The summed E-state index contributed by atoms with van der Waals surface area (Å²) in [5, 5.41) is 5.97. The van der Waals surface area contributed by atoms with E-state index in [4.69, 9.17) is 23.2 Å². The zero-order valence-corrected chi connectivity index (χ0v) is 14.2. The fourth-order valence-electron chi connectivity index (χ4n) is 2.17. The van der Waals surface area contributed by atoms with E-state index >= 15 is 0 Å². The van der Waals surface area contributed by atoms with Crippen molar-refractivity contribution in [3.05, 3.63) is 49.4 Å². The third-order valence-corrected chi connectivity index (χ3v) is 5.00. The number of hydrogen-bond acceptors (Lipinski definition) is 3. The molecular formula is C15H18Cl2N2S. The van der Waals surface area contributed by atoms with Gasteiger partial charge < -0.3 is 5.32 Å². The van der Waals surface area contributed by atoms with Gasteiger partial charge in [0.05, 0.1) is 10.7 Å². The number of halogens is 2. The molecule has 1 aromatic heterocycles. The summed E-state index contributed by atoms with van der Waals surface area (Å²) in [6, 6.07) is 5.72. The van der Waals surface area contributed by atoms with Crippen molar-refractivity contribution in [2.75, 3.05) is 6.54 Å². The summed E-state index contributed by atoms with van der Waals surface area (Å²) in [6.07, 6.45) is 0.802. The Morgan fingerprint density at radius 3 is 2.40 bits per heavy atom. The van der Waals surface area contributed by atoms with E-state index in [2.05, 4.69) is 24.1 Å². The number of nitrogens with zero attached hydrogens (tertiary/aromatic N) is 1. The molecule has 0 amide bonds. The molecule has 108 valence electrons. The summed E-state index contributed by atoms with van der Waals surface area (Å²) >= 11 is 14.4. The first-order valence-electron chi connectivity index (χ1n) is 6.63. The SMILES string of the molecule is CCNC(Cc1nc(C)c(C)s1)c1c(Cl)cccc1Cl. The lowest BCUT2D eigenvalue weighted by Gasteiger charge is -2.19. The average Bonchev–Trinajstić information content (AvgIpc) is 2.68. The molecule has 5 heteroatoms. The topological polar surface area (TPSA) is 24.9 Å². The van der Waals surface area contributed by atoms with Crippen LogP contribution in [0.4, 0.5) is 0 Å². The zero-order valence-electron chi connectivity index (χ0n) is 11.8. The number of nitrogens with one attached hydrogen (secondary N) is 1. The van der Waals surface area contributed by atoms with Crippen LogP contribution in [0, 0.1) is 13.8 Å². The van der Waals surface area contributed by atoms with Gasteiger partial charge >= 0.3 is 0 Å². The van der Waals surface area contributed by atoms with Crippen LogP contribution in [0.1, 0.15) is 34.1 Å². The Morgan fingerprint density at radius 2 is 1.90 bits per heavy atom. The van der Waals surface area contributed by atoms with E-state index in [1.54, 1.807) is 11.3 Å². The molecule has 0 aliphatic rings. The second-order valence-electron chi connectivity index (χ2n) is 4.70. The minimum atomic E-state index is 0.0890. The highest BCUT2D eigenvalue weighted by Crippen LogP contribution is 2.33. The number of hydrogen-bond donors (Lipinski definition) is 1.